The Morgan fingerprint density at radius 1 is 1.23 bits per heavy atom. The Hall–Kier alpha value is -1.51. The molecule has 1 aromatic heterocycles. The molecule has 0 radical (unpaired) electrons. The molecule has 0 unspecified atom stereocenters. The number of benzene rings is 1. The highest BCUT2D eigenvalue weighted by molar-refractivity contribution is 7.99. The van der Waals surface area contributed by atoms with Crippen LogP contribution in [0.5, 0.6) is 5.75 Å². The van der Waals surface area contributed by atoms with Crippen molar-refractivity contribution in [3.63, 3.8) is 0 Å². The van der Waals surface area contributed by atoms with Crippen LogP contribution in [0.2, 0.25) is 0 Å². The van der Waals surface area contributed by atoms with Gasteiger partial charge in [0.25, 0.3) is 0 Å². The van der Waals surface area contributed by atoms with Crippen LogP contribution in [0.25, 0.3) is 0 Å². The molecule has 0 atom stereocenters. The van der Waals surface area contributed by atoms with Gasteiger partial charge in [-0.05, 0) is 49.9 Å². The highest BCUT2D eigenvalue weighted by atomic mass is 32.2. The molecule has 142 valence electrons. The number of hydrogen-bond donors (Lipinski definition) is 0. The Kier molecular flexibility index (Phi) is 6.26. The lowest BCUT2D eigenvalue weighted by molar-refractivity contribution is 0.291. The molecule has 6 nitrogen and oxygen atoms in total. The summed E-state index contributed by atoms with van der Waals surface area (Å²) in [5.74, 6) is 2.18. The van der Waals surface area contributed by atoms with Gasteiger partial charge in [-0.15, -0.1) is 0 Å². The fourth-order valence-corrected chi connectivity index (χ4v) is 5.61. The summed E-state index contributed by atoms with van der Waals surface area (Å²) < 4.78 is 34.6. The summed E-state index contributed by atoms with van der Waals surface area (Å²) >= 11 is 1.74. The van der Waals surface area contributed by atoms with Gasteiger partial charge in [0.15, 0.2) is 5.16 Å². The minimum atomic E-state index is -3.43. The fraction of sp³-hybridized carbons (Fsp3) is 0.500. The molecule has 0 bridgehead atoms. The summed E-state index contributed by atoms with van der Waals surface area (Å²) in [6, 6.07) is 6.69. The van der Waals surface area contributed by atoms with Crippen molar-refractivity contribution in [2.45, 2.75) is 29.8 Å². The van der Waals surface area contributed by atoms with Gasteiger partial charge < -0.3 is 9.30 Å². The summed E-state index contributed by atoms with van der Waals surface area (Å²) in [7, 11) is -1.44. The molecule has 0 N–H and O–H groups in total. The van der Waals surface area contributed by atoms with E-state index in [1.165, 1.54) is 0 Å². The molecule has 2 heterocycles. The predicted molar refractivity (Wildman–Crippen MR) is 103 cm³/mol. The van der Waals surface area contributed by atoms with Crippen molar-refractivity contribution in [2.24, 2.45) is 13.0 Å². The maximum Gasteiger partial charge on any atom is 0.243 e. The highest BCUT2D eigenvalue weighted by Crippen LogP contribution is 2.28. The molecule has 1 saturated heterocycles. The van der Waals surface area contributed by atoms with E-state index in [1.54, 1.807) is 46.5 Å². The number of aryl methyl sites for hydroxylation is 1. The number of thioether (sulfide) groups is 1. The first-order valence-electron chi connectivity index (χ1n) is 8.84. The summed E-state index contributed by atoms with van der Waals surface area (Å²) in [6.45, 7) is 3.61. The summed E-state index contributed by atoms with van der Waals surface area (Å²) in [4.78, 5) is 4.66. The minimum absolute atomic E-state index is 0.335. The summed E-state index contributed by atoms with van der Waals surface area (Å²) in [5.41, 5.74) is 0. The van der Waals surface area contributed by atoms with E-state index in [9.17, 15) is 8.42 Å². The first kappa shape index (κ1) is 19.3. The van der Waals surface area contributed by atoms with E-state index in [0.29, 0.717) is 36.3 Å². The van der Waals surface area contributed by atoms with Crippen LogP contribution in [0.15, 0.2) is 46.7 Å². The number of aromatic nitrogens is 2. The molecule has 1 aliphatic rings. The molecule has 26 heavy (non-hydrogen) atoms. The van der Waals surface area contributed by atoms with E-state index in [0.717, 1.165) is 23.8 Å². The monoisotopic (exact) mass is 395 g/mol. The van der Waals surface area contributed by atoms with E-state index in [1.807, 2.05) is 24.7 Å². The van der Waals surface area contributed by atoms with Gasteiger partial charge in [-0.25, -0.2) is 13.4 Å². The molecule has 8 heteroatoms. The van der Waals surface area contributed by atoms with Crippen LogP contribution in [0.1, 0.15) is 19.8 Å². The van der Waals surface area contributed by atoms with E-state index in [2.05, 4.69) is 4.98 Å². The topological polar surface area (TPSA) is 64.4 Å². The number of piperidine rings is 1. The van der Waals surface area contributed by atoms with Gasteiger partial charge in [-0.1, -0.05) is 11.8 Å². The number of rotatable bonds is 7. The second kappa shape index (κ2) is 8.45. The Labute approximate surface area is 159 Å². The maximum atomic E-state index is 12.8. The molecular formula is C18H25N3O3S2. The van der Waals surface area contributed by atoms with E-state index >= 15 is 0 Å². The Morgan fingerprint density at radius 3 is 2.50 bits per heavy atom. The molecule has 0 amide bonds. The second-order valence-corrected chi connectivity index (χ2v) is 9.31. The second-order valence-electron chi connectivity index (χ2n) is 6.38. The standard InChI is InChI=1S/C18H25N3O3S2/c1-3-24-16-4-6-17(7-5-16)26(22,23)21-11-8-15(9-12-21)14-25-18-19-10-13-20(18)2/h4-7,10,13,15H,3,8-9,11-12,14H2,1-2H3. The Bertz CT molecular complexity index is 810. The van der Waals surface area contributed by atoms with Crippen LogP contribution in [-0.4, -0.2) is 47.7 Å². The van der Waals surface area contributed by atoms with Gasteiger partial charge >= 0.3 is 0 Å². The first-order valence-corrected chi connectivity index (χ1v) is 11.3. The maximum absolute atomic E-state index is 12.8. The Morgan fingerprint density at radius 2 is 1.92 bits per heavy atom. The largest absolute Gasteiger partial charge is 0.494 e. The van der Waals surface area contributed by atoms with E-state index in [4.69, 9.17) is 4.74 Å². The molecule has 2 aromatic rings. The summed E-state index contributed by atoms with van der Waals surface area (Å²) in [5, 5.41) is 1.01. The highest BCUT2D eigenvalue weighted by Gasteiger charge is 2.29. The van der Waals surface area contributed by atoms with Crippen LogP contribution < -0.4 is 4.74 Å². The van der Waals surface area contributed by atoms with Gasteiger partial charge in [0.05, 0.1) is 11.5 Å². The zero-order valence-electron chi connectivity index (χ0n) is 15.2. The lowest BCUT2D eigenvalue weighted by Gasteiger charge is -2.31. The predicted octanol–water partition coefficient (Wildman–Crippen LogP) is 3.01. The van der Waals surface area contributed by atoms with E-state index < -0.39 is 10.0 Å². The molecule has 1 aliphatic heterocycles. The molecule has 1 aromatic carbocycles. The van der Waals surface area contributed by atoms with Crippen molar-refractivity contribution in [1.29, 1.82) is 0 Å². The lowest BCUT2D eigenvalue weighted by Crippen LogP contribution is -2.38. The van der Waals surface area contributed by atoms with Gasteiger partial charge in [0, 0.05) is 38.3 Å². The molecular weight excluding hydrogens is 370 g/mol. The third kappa shape index (κ3) is 4.42. The van der Waals surface area contributed by atoms with Crippen LogP contribution in [0, 0.1) is 5.92 Å². The quantitative estimate of drug-likeness (QED) is 0.675. The SMILES string of the molecule is CCOc1ccc(S(=O)(=O)N2CCC(CSc3nccn3C)CC2)cc1. The van der Waals surface area contributed by atoms with Crippen LogP contribution in [0.4, 0.5) is 0 Å². The Balaban J connectivity index is 1.55. The van der Waals surface area contributed by atoms with Gasteiger partial charge in [0.1, 0.15) is 5.75 Å². The van der Waals surface area contributed by atoms with Crippen LogP contribution >= 0.6 is 11.8 Å². The minimum Gasteiger partial charge on any atom is -0.494 e. The van der Waals surface area contributed by atoms with Gasteiger partial charge in [-0.2, -0.15) is 4.31 Å². The normalized spacial score (nSPS) is 16.7. The molecule has 0 saturated carbocycles. The van der Waals surface area contributed by atoms with Crippen molar-refractivity contribution >= 4 is 21.8 Å². The molecule has 1 fully saturated rings. The number of sulfonamides is 1. The summed E-state index contributed by atoms with van der Waals surface area (Å²) in [6.07, 6.45) is 5.50. The molecule has 0 aliphatic carbocycles. The third-order valence-electron chi connectivity index (χ3n) is 4.57. The number of nitrogens with zero attached hydrogens (tertiary/aromatic N) is 3. The van der Waals surface area contributed by atoms with Crippen molar-refractivity contribution < 1.29 is 13.2 Å². The van der Waals surface area contributed by atoms with E-state index in [-0.39, 0.29) is 0 Å². The van der Waals surface area contributed by atoms with Crippen molar-refractivity contribution in [1.82, 2.24) is 13.9 Å². The van der Waals surface area contributed by atoms with Crippen molar-refractivity contribution in [3.8, 4) is 5.75 Å². The zero-order chi connectivity index (χ0) is 18.6. The van der Waals surface area contributed by atoms with Crippen LogP contribution in [-0.2, 0) is 17.1 Å². The van der Waals surface area contributed by atoms with Gasteiger partial charge in [-0.3, -0.25) is 0 Å². The average Bonchev–Trinajstić information content (AvgIpc) is 3.06. The number of hydrogen-bond acceptors (Lipinski definition) is 5. The fourth-order valence-electron chi connectivity index (χ4n) is 3.02. The third-order valence-corrected chi connectivity index (χ3v) is 7.77. The smallest absolute Gasteiger partial charge is 0.243 e. The van der Waals surface area contributed by atoms with Crippen molar-refractivity contribution in [2.75, 3.05) is 25.4 Å². The zero-order valence-corrected chi connectivity index (χ0v) is 16.8. The average molecular weight is 396 g/mol. The van der Waals surface area contributed by atoms with Crippen molar-refractivity contribution in [3.05, 3.63) is 36.7 Å². The van der Waals surface area contributed by atoms with Gasteiger partial charge in [0.2, 0.25) is 10.0 Å². The lowest BCUT2D eigenvalue weighted by atomic mass is 10.0. The molecule has 0 spiro atoms. The number of imidazole rings is 1. The number of ether oxygens (including phenoxy) is 1. The molecule has 3 rings (SSSR count). The van der Waals surface area contributed by atoms with Crippen LogP contribution in [0.3, 0.4) is 0 Å². The first-order chi connectivity index (χ1) is 12.5.